The van der Waals surface area contributed by atoms with E-state index in [1.165, 1.54) is 6.07 Å². The van der Waals surface area contributed by atoms with E-state index in [9.17, 15) is 9.59 Å². The van der Waals surface area contributed by atoms with Gasteiger partial charge in [-0.05, 0) is 44.4 Å². The number of nitrogens with one attached hydrogen (secondary N) is 2. The van der Waals surface area contributed by atoms with E-state index in [0.29, 0.717) is 28.8 Å². The van der Waals surface area contributed by atoms with Gasteiger partial charge in [-0.25, -0.2) is 4.98 Å². The van der Waals surface area contributed by atoms with Crippen molar-refractivity contribution < 1.29 is 9.59 Å². The normalized spacial score (nSPS) is 10.6. The van der Waals surface area contributed by atoms with Gasteiger partial charge in [-0.2, -0.15) is 0 Å². The van der Waals surface area contributed by atoms with Crippen LogP contribution in [0.1, 0.15) is 21.0 Å². The van der Waals surface area contributed by atoms with Crippen molar-refractivity contribution in [1.82, 2.24) is 15.2 Å². The molecule has 2 amide bonds. The van der Waals surface area contributed by atoms with Crippen molar-refractivity contribution in [2.24, 2.45) is 0 Å². The smallest absolute Gasteiger partial charge is 0.274 e. The summed E-state index contributed by atoms with van der Waals surface area (Å²) in [7, 11) is 3.83. The molecule has 6 nitrogen and oxygen atoms in total. The summed E-state index contributed by atoms with van der Waals surface area (Å²) in [6, 6.07) is 9.45. The van der Waals surface area contributed by atoms with Gasteiger partial charge in [0.2, 0.25) is 0 Å². The van der Waals surface area contributed by atoms with E-state index in [1.807, 2.05) is 19.0 Å². The number of amides is 2. The number of hydrogen-bond donors (Lipinski definition) is 2. The summed E-state index contributed by atoms with van der Waals surface area (Å²) in [6.45, 7) is 1.20. The standard InChI is InChI=1S/C17H18Cl2N4O2/c1-23(2)9-8-20-16(24)14-4-3-5-15(22-14)17(25)21-11-6-7-12(18)13(19)10-11/h3-7,10H,8-9H2,1-2H3,(H,20,24)(H,21,25). The number of hydrogen-bond acceptors (Lipinski definition) is 4. The fourth-order valence-corrected chi connectivity index (χ4v) is 2.24. The summed E-state index contributed by atoms with van der Waals surface area (Å²) in [5.74, 6) is -0.771. The van der Waals surface area contributed by atoms with Gasteiger partial charge in [0.05, 0.1) is 10.0 Å². The van der Waals surface area contributed by atoms with E-state index in [-0.39, 0.29) is 17.3 Å². The van der Waals surface area contributed by atoms with Crippen molar-refractivity contribution >= 4 is 40.7 Å². The van der Waals surface area contributed by atoms with Crippen molar-refractivity contribution in [2.45, 2.75) is 0 Å². The number of rotatable bonds is 6. The van der Waals surface area contributed by atoms with Gasteiger partial charge in [0.15, 0.2) is 0 Å². The summed E-state index contributed by atoms with van der Waals surface area (Å²) in [6.07, 6.45) is 0. The molecule has 2 aromatic rings. The lowest BCUT2D eigenvalue weighted by molar-refractivity contribution is 0.0946. The van der Waals surface area contributed by atoms with Crippen molar-refractivity contribution in [3.8, 4) is 0 Å². The van der Waals surface area contributed by atoms with Crippen LogP contribution in [0.2, 0.25) is 10.0 Å². The highest BCUT2D eigenvalue weighted by molar-refractivity contribution is 6.42. The Balaban J connectivity index is 2.05. The van der Waals surface area contributed by atoms with Gasteiger partial charge >= 0.3 is 0 Å². The molecule has 0 unspecified atom stereocenters. The lowest BCUT2D eigenvalue weighted by Crippen LogP contribution is -2.32. The zero-order chi connectivity index (χ0) is 18.4. The molecule has 2 N–H and O–H groups in total. The monoisotopic (exact) mass is 380 g/mol. The molecule has 8 heteroatoms. The molecule has 0 aliphatic heterocycles. The van der Waals surface area contributed by atoms with Gasteiger partial charge < -0.3 is 15.5 Å². The molecule has 0 aliphatic carbocycles. The predicted molar refractivity (Wildman–Crippen MR) is 99.5 cm³/mol. The van der Waals surface area contributed by atoms with Crippen LogP contribution in [0.15, 0.2) is 36.4 Å². The average molecular weight is 381 g/mol. The second kappa shape index (κ2) is 8.80. The van der Waals surface area contributed by atoms with Gasteiger partial charge in [-0.1, -0.05) is 29.3 Å². The molecule has 0 saturated carbocycles. The molecule has 1 aromatic carbocycles. The molecule has 0 radical (unpaired) electrons. The molecule has 1 heterocycles. The van der Waals surface area contributed by atoms with Crippen LogP contribution in [0.5, 0.6) is 0 Å². The van der Waals surface area contributed by atoms with Gasteiger partial charge in [0.1, 0.15) is 11.4 Å². The quantitative estimate of drug-likeness (QED) is 0.807. The maximum Gasteiger partial charge on any atom is 0.274 e. The maximum absolute atomic E-state index is 12.3. The third kappa shape index (κ3) is 5.70. The summed E-state index contributed by atoms with van der Waals surface area (Å²) in [5.41, 5.74) is 0.800. The molecule has 132 valence electrons. The van der Waals surface area contributed by atoms with Crippen molar-refractivity contribution in [1.29, 1.82) is 0 Å². The van der Waals surface area contributed by atoms with E-state index >= 15 is 0 Å². The Kier molecular flexibility index (Phi) is 6.75. The Hall–Kier alpha value is -2.15. The van der Waals surface area contributed by atoms with Gasteiger partial charge in [0.25, 0.3) is 11.8 Å². The van der Waals surface area contributed by atoms with E-state index in [0.717, 1.165) is 0 Å². The highest BCUT2D eigenvalue weighted by Crippen LogP contribution is 2.25. The zero-order valence-electron chi connectivity index (χ0n) is 13.8. The number of carbonyl (C=O) groups excluding carboxylic acids is 2. The Morgan fingerprint density at radius 3 is 2.36 bits per heavy atom. The third-order valence-electron chi connectivity index (χ3n) is 3.24. The molecule has 0 saturated heterocycles. The second-order valence-electron chi connectivity index (χ2n) is 5.55. The first-order valence-corrected chi connectivity index (χ1v) is 8.29. The number of likely N-dealkylation sites (N-methyl/N-ethyl adjacent to an activating group) is 1. The summed E-state index contributed by atoms with van der Waals surface area (Å²) < 4.78 is 0. The van der Waals surface area contributed by atoms with Gasteiger partial charge in [-0.3, -0.25) is 9.59 Å². The highest BCUT2D eigenvalue weighted by Gasteiger charge is 2.13. The number of anilines is 1. The second-order valence-corrected chi connectivity index (χ2v) is 6.36. The van der Waals surface area contributed by atoms with E-state index in [2.05, 4.69) is 15.6 Å². The molecule has 0 spiro atoms. The topological polar surface area (TPSA) is 74.3 Å². The number of pyridine rings is 1. The molecule has 0 aliphatic rings. The summed E-state index contributed by atoms with van der Waals surface area (Å²) in [5, 5.41) is 6.15. The van der Waals surface area contributed by atoms with Crippen LogP contribution in [0.25, 0.3) is 0 Å². The summed E-state index contributed by atoms with van der Waals surface area (Å²) in [4.78, 5) is 30.4. The lowest BCUT2D eigenvalue weighted by Gasteiger charge is -2.10. The van der Waals surface area contributed by atoms with Crippen LogP contribution in [0.4, 0.5) is 5.69 Å². The van der Waals surface area contributed by atoms with E-state index < -0.39 is 5.91 Å². The number of aromatic nitrogens is 1. The minimum absolute atomic E-state index is 0.131. The van der Waals surface area contributed by atoms with Gasteiger partial charge in [0, 0.05) is 18.8 Å². The lowest BCUT2D eigenvalue weighted by atomic mass is 10.2. The zero-order valence-corrected chi connectivity index (χ0v) is 15.4. The van der Waals surface area contributed by atoms with Crippen LogP contribution < -0.4 is 10.6 Å². The first kappa shape index (κ1) is 19.2. The SMILES string of the molecule is CN(C)CCNC(=O)c1cccc(C(=O)Nc2ccc(Cl)c(Cl)c2)n1. The number of halogens is 2. The fourth-order valence-electron chi connectivity index (χ4n) is 1.94. The Labute approximate surface area is 156 Å². The molecule has 1 aromatic heterocycles. The Bertz CT molecular complexity index is 781. The van der Waals surface area contributed by atoms with Crippen molar-refractivity contribution in [3.05, 3.63) is 57.8 Å². The van der Waals surface area contributed by atoms with Crippen LogP contribution in [-0.2, 0) is 0 Å². The molecule has 0 fully saturated rings. The van der Waals surface area contributed by atoms with Crippen LogP contribution >= 0.6 is 23.2 Å². The molecular formula is C17H18Cl2N4O2. The van der Waals surface area contributed by atoms with E-state index in [1.54, 1.807) is 30.3 Å². The van der Waals surface area contributed by atoms with Gasteiger partial charge in [-0.15, -0.1) is 0 Å². The third-order valence-corrected chi connectivity index (χ3v) is 3.98. The number of carbonyl (C=O) groups is 2. The predicted octanol–water partition coefficient (Wildman–Crippen LogP) is 2.93. The maximum atomic E-state index is 12.3. The molecule has 25 heavy (non-hydrogen) atoms. The largest absolute Gasteiger partial charge is 0.349 e. The van der Waals surface area contributed by atoms with Crippen LogP contribution in [-0.4, -0.2) is 48.9 Å². The summed E-state index contributed by atoms with van der Waals surface area (Å²) >= 11 is 11.8. The van der Waals surface area contributed by atoms with E-state index in [4.69, 9.17) is 23.2 Å². The average Bonchev–Trinajstić information content (AvgIpc) is 2.58. The molecular weight excluding hydrogens is 363 g/mol. The first-order chi connectivity index (χ1) is 11.9. The Morgan fingerprint density at radius 1 is 1.04 bits per heavy atom. The van der Waals surface area contributed by atoms with Crippen LogP contribution in [0, 0.1) is 0 Å². The Morgan fingerprint density at radius 2 is 1.72 bits per heavy atom. The van der Waals surface area contributed by atoms with Crippen molar-refractivity contribution in [3.63, 3.8) is 0 Å². The van der Waals surface area contributed by atoms with Crippen LogP contribution in [0.3, 0.4) is 0 Å². The number of benzene rings is 1. The first-order valence-electron chi connectivity index (χ1n) is 7.53. The molecule has 2 rings (SSSR count). The highest BCUT2D eigenvalue weighted by atomic mass is 35.5. The molecule has 0 atom stereocenters. The van der Waals surface area contributed by atoms with Crippen molar-refractivity contribution in [2.75, 3.05) is 32.5 Å². The molecule has 0 bridgehead atoms. The minimum atomic E-state index is -0.443. The number of nitrogens with zero attached hydrogens (tertiary/aromatic N) is 2. The minimum Gasteiger partial charge on any atom is -0.349 e. The fraction of sp³-hybridized carbons (Fsp3) is 0.235.